The van der Waals surface area contributed by atoms with Crippen LogP contribution in [-0.4, -0.2) is 13.0 Å². The molecule has 0 atom stereocenters. The van der Waals surface area contributed by atoms with Gasteiger partial charge in [-0.3, -0.25) is 4.79 Å². The Morgan fingerprint density at radius 2 is 1.80 bits per heavy atom. The van der Waals surface area contributed by atoms with Gasteiger partial charge in [0.05, 0.1) is 18.4 Å². The Hall–Kier alpha value is -3.19. The zero-order valence-corrected chi connectivity index (χ0v) is 16.6. The van der Waals surface area contributed by atoms with Crippen LogP contribution in [0.25, 0.3) is 0 Å². The molecule has 30 heavy (non-hydrogen) atoms. The van der Waals surface area contributed by atoms with Crippen molar-refractivity contribution in [3.05, 3.63) is 88.4 Å². The molecule has 1 N–H and O–H groups in total. The zero-order chi connectivity index (χ0) is 21.7. The molecule has 0 aliphatic carbocycles. The lowest BCUT2D eigenvalue weighted by molar-refractivity contribution is -0.136. The van der Waals surface area contributed by atoms with E-state index in [0.29, 0.717) is 22.1 Å². The normalized spacial score (nSPS) is 11.1. The van der Waals surface area contributed by atoms with Crippen LogP contribution in [-0.2, 0) is 12.8 Å². The number of carbonyl (C=O) groups excluding carboxylic acids is 1. The minimum Gasteiger partial charge on any atom is -0.496 e. The Morgan fingerprint density at radius 3 is 2.50 bits per heavy atom. The number of halogens is 4. The Bertz CT molecular complexity index is 1050. The van der Waals surface area contributed by atoms with Crippen LogP contribution in [0.1, 0.15) is 21.5 Å². The SMILES string of the molecule is COc1ccc(C(=O)Nc2ccccc2C(F)(F)F)cc1COc1cccc(Cl)c1. The van der Waals surface area contributed by atoms with Crippen molar-refractivity contribution in [2.75, 3.05) is 12.4 Å². The van der Waals surface area contributed by atoms with Crippen LogP contribution >= 0.6 is 11.6 Å². The molecule has 0 aliphatic heterocycles. The monoisotopic (exact) mass is 435 g/mol. The Morgan fingerprint density at radius 1 is 1.03 bits per heavy atom. The molecule has 0 saturated carbocycles. The largest absolute Gasteiger partial charge is 0.496 e. The van der Waals surface area contributed by atoms with Gasteiger partial charge in [-0.25, -0.2) is 0 Å². The van der Waals surface area contributed by atoms with E-state index in [-0.39, 0.29) is 17.9 Å². The van der Waals surface area contributed by atoms with E-state index in [1.807, 2.05) is 0 Å². The predicted octanol–water partition coefficient (Wildman–Crippen LogP) is 6.20. The van der Waals surface area contributed by atoms with Crippen LogP contribution < -0.4 is 14.8 Å². The van der Waals surface area contributed by atoms with Gasteiger partial charge in [0.25, 0.3) is 5.91 Å². The molecule has 8 heteroatoms. The Kier molecular flexibility index (Phi) is 6.52. The third-order valence-electron chi connectivity index (χ3n) is 4.21. The maximum absolute atomic E-state index is 13.2. The number of anilines is 1. The lowest BCUT2D eigenvalue weighted by atomic mass is 10.1. The molecule has 0 fully saturated rings. The minimum absolute atomic E-state index is 0.0732. The van der Waals surface area contributed by atoms with Crippen LogP contribution in [0.3, 0.4) is 0 Å². The van der Waals surface area contributed by atoms with Crippen molar-refractivity contribution in [2.45, 2.75) is 12.8 Å². The van der Waals surface area contributed by atoms with E-state index in [0.717, 1.165) is 6.07 Å². The highest BCUT2D eigenvalue weighted by Crippen LogP contribution is 2.35. The first-order valence-electron chi connectivity index (χ1n) is 8.81. The molecule has 4 nitrogen and oxygen atoms in total. The lowest BCUT2D eigenvalue weighted by Crippen LogP contribution is -2.17. The summed E-state index contributed by atoms with van der Waals surface area (Å²) in [5.74, 6) is 0.321. The van der Waals surface area contributed by atoms with Crippen molar-refractivity contribution in [1.29, 1.82) is 0 Å². The van der Waals surface area contributed by atoms with Crippen LogP contribution in [0.4, 0.5) is 18.9 Å². The van der Waals surface area contributed by atoms with Gasteiger partial charge >= 0.3 is 6.18 Å². The minimum atomic E-state index is -4.58. The maximum Gasteiger partial charge on any atom is 0.418 e. The number of benzene rings is 3. The number of hydrogen-bond donors (Lipinski definition) is 1. The van der Waals surface area contributed by atoms with Crippen LogP contribution in [0, 0.1) is 0 Å². The number of para-hydroxylation sites is 1. The third-order valence-corrected chi connectivity index (χ3v) is 4.45. The van der Waals surface area contributed by atoms with Crippen molar-refractivity contribution in [3.8, 4) is 11.5 Å². The summed E-state index contributed by atoms with van der Waals surface area (Å²) in [4.78, 5) is 12.6. The number of ether oxygens (including phenoxy) is 2. The van der Waals surface area contributed by atoms with Crippen molar-refractivity contribution in [2.24, 2.45) is 0 Å². The van der Waals surface area contributed by atoms with Gasteiger partial charge in [-0.05, 0) is 48.5 Å². The first kappa shape index (κ1) is 21.5. The summed E-state index contributed by atoms with van der Waals surface area (Å²) < 4.78 is 50.5. The molecular weight excluding hydrogens is 419 g/mol. The molecule has 0 aromatic heterocycles. The number of methoxy groups -OCH3 is 1. The van der Waals surface area contributed by atoms with Crippen LogP contribution in [0.5, 0.6) is 11.5 Å². The van der Waals surface area contributed by atoms with Gasteiger partial charge < -0.3 is 14.8 Å². The van der Waals surface area contributed by atoms with Gasteiger partial charge in [0.15, 0.2) is 0 Å². The quantitative estimate of drug-likeness (QED) is 0.501. The zero-order valence-electron chi connectivity index (χ0n) is 15.8. The maximum atomic E-state index is 13.2. The fourth-order valence-electron chi connectivity index (χ4n) is 2.78. The number of nitrogens with one attached hydrogen (secondary N) is 1. The predicted molar refractivity (Wildman–Crippen MR) is 108 cm³/mol. The second-order valence-corrected chi connectivity index (χ2v) is 6.71. The van der Waals surface area contributed by atoms with E-state index < -0.39 is 17.6 Å². The molecule has 1 amide bonds. The smallest absolute Gasteiger partial charge is 0.418 e. The second kappa shape index (κ2) is 9.09. The van der Waals surface area contributed by atoms with Crippen molar-refractivity contribution >= 4 is 23.2 Å². The number of rotatable bonds is 6. The molecule has 3 rings (SSSR count). The van der Waals surface area contributed by atoms with Gasteiger partial charge in [0, 0.05) is 16.1 Å². The van der Waals surface area contributed by atoms with Crippen molar-refractivity contribution < 1.29 is 27.4 Å². The first-order valence-corrected chi connectivity index (χ1v) is 9.18. The summed E-state index contributed by atoms with van der Waals surface area (Å²) in [6.45, 7) is 0.0732. The molecule has 3 aromatic carbocycles. The molecule has 3 aromatic rings. The number of hydrogen-bond acceptors (Lipinski definition) is 3. The number of carbonyl (C=O) groups is 1. The number of alkyl halides is 3. The van der Waals surface area contributed by atoms with E-state index >= 15 is 0 Å². The van der Waals surface area contributed by atoms with E-state index in [1.165, 1.54) is 37.4 Å². The molecule has 0 radical (unpaired) electrons. The van der Waals surface area contributed by atoms with E-state index in [4.69, 9.17) is 21.1 Å². The summed E-state index contributed by atoms with van der Waals surface area (Å²) in [7, 11) is 1.47. The summed E-state index contributed by atoms with van der Waals surface area (Å²) in [5, 5.41) is 2.83. The summed E-state index contributed by atoms with van der Waals surface area (Å²) in [6.07, 6.45) is -4.58. The van der Waals surface area contributed by atoms with E-state index in [1.54, 1.807) is 30.3 Å². The van der Waals surface area contributed by atoms with Crippen molar-refractivity contribution in [1.82, 2.24) is 0 Å². The van der Waals surface area contributed by atoms with Gasteiger partial charge in [-0.15, -0.1) is 0 Å². The molecule has 156 valence electrons. The molecule has 0 unspecified atom stereocenters. The second-order valence-electron chi connectivity index (χ2n) is 6.27. The van der Waals surface area contributed by atoms with Crippen LogP contribution in [0.2, 0.25) is 5.02 Å². The van der Waals surface area contributed by atoms with Gasteiger partial charge in [-0.1, -0.05) is 29.8 Å². The summed E-state index contributed by atoms with van der Waals surface area (Å²) in [6, 6.07) is 16.1. The third kappa shape index (κ3) is 5.24. The molecule has 0 spiro atoms. The van der Waals surface area contributed by atoms with Crippen molar-refractivity contribution in [3.63, 3.8) is 0 Å². The molecule has 0 bridgehead atoms. The van der Waals surface area contributed by atoms with Gasteiger partial charge in [-0.2, -0.15) is 13.2 Å². The fraction of sp³-hybridized carbons (Fsp3) is 0.136. The van der Waals surface area contributed by atoms with E-state index in [2.05, 4.69) is 5.32 Å². The fourth-order valence-corrected chi connectivity index (χ4v) is 2.96. The molecule has 0 aliphatic rings. The molecule has 0 saturated heterocycles. The molecule has 0 heterocycles. The first-order chi connectivity index (χ1) is 14.3. The summed E-state index contributed by atoms with van der Waals surface area (Å²) in [5.41, 5.74) is -0.523. The molecular formula is C22H17ClF3NO3. The van der Waals surface area contributed by atoms with Gasteiger partial charge in [0.1, 0.15) is 18.1 Å². The highest BCUT2D eigenvalue weighted by Gasteiger charge is 2.33. The highest BCUT2D eigenvalue weighted by molar-refractivity contribution is 6.30. The average molecular weight is 436 g/mol. The van der Waals surface area contributed by atoms with E-state index in [9.17, 15) is 18.0 Å². The highest BCUT2D eigenvalue weighted by atomic mass is 35.5. The summed E-state index contributed by atoms with van der Waals surface area (Å²) >= 11 is 5.94. The lowest BCUT2D eigenvalue weighted by Gasteiger charge is -2.15. The average Bonchev–Trinajstić information content (AvgIpc) is 2.71. The van der Waals surface area contributed by atoms with Crippen LogP contribution in [0.15, 0.2) is 66.7 Å². The Balaban J connectivity index is 1.81. The number of amides is 1. The standard InChI is InChI=1S/C22H17ClF3NO3/c1-29-20-10-9-14(11-15(20)13-30-17-6-4-5-16(23)12-17)21(28)27-19-8-3-2-7-18(19)22(24,25)26/h2-12H,13H2,1H3,(H,27,28). The van der Waals surface area contributed by atoms with Gasteiger partial charge in [0.2, 0.25) is 0 Å². The Labute approximate surface area is 176 Å². The topological polar surface area (TPSA) is 47.6 Å².